The van der Waals surface area contributed by atoms with Crippen LogP contribution in [-0.4, -0.2) is 41.0 Å². The number of nitriles is 1. The summed E-state index contributed by atoms with van der Waals surface area (Å²) in [5, 5.41) is 9.25. The van der Waals surface area contributed by atoms with Crippen LogP contribution in [0.1, 0.15) is 30.8 Å². The van der Waals surface area contributed by atoms with E-state index in [1.54, 1.807) is 0 Å². The van der Waals surface area contributed by atoms with Crippen molar-refractivity contribution in [3.05, 3.63) is 29.6 Å². The first-order chi connectivity index (χ1) is 10.1. The number of imidazole rings is 1. The third-order valence-corrected chi connectivity index (χ3v) is 3.86. The number of hydrogen-bond acceptors (Lipinski definition) is 3. The Kier molecular flexibility index (Phi) is 5.22. The number of aromatic nitrogens is 2. The van der Waals surface area contributed by atoms with Crippen molar-refractivity contribution >= 4 is 22.6 Å². The number of nitrogens with zero attached hydrogens (tertiary/aromatic N) is 4. The fourth-order valence-electron chi connectivity index (χ4n) is 2.58. The summed E-state index contributed by atoms with van der Waals surface area (Å²) in [6.07, 6.45) is 1.75. The molecule has 1 unspecified atom stereocenters. The molecule has 0 amide bonds. The fourth-order valence-corrected chi connectivity index (χ4v) is 2.75. The van der Waals surface area contributed by atoms with Crippen LogP contribution in [0.5, 0.6) is 0 Å². The normalized spacial score (nSPS) is 12.8. The molecule has 0 aliphatic carbocycles. The largest absolute Gasteiger partial charge is 0.325 e. The van der Waals surface area contributed by atoms with Gasteiger partial charge in [0.1, 0.15) is 17.4 Å². The second-order valence-corrected chi connectivity index (χ2v) is 5.94. The van der Waals surface area contributed by atoms with Crippen molar-refractivity contribution in [3.63, 3.8) is 0 Å². The molecule has 0 saturated carbocycles. The van der Waals surface area contributed by atoms with Crippen LogP contribution in [0.15, 0.2) is 18.2 Å². The van der Waals surface area contributed by atoms with Crippen molar-refractivity contribution in [2.45, 2.75) is 25.8 Å². The second-order valence-electron chi connectivity index (χ2n) is 5.56. The number of rotatable bonds is 6. The monoisotopic (exact) mass is 304 g/mol. The van der Waals surface area contributed by atoms with E-state index >= 15 is 0 Å². The van der Waals surface area contributed by atoms with E-state index in [1.165, 1.54) is 0 Å². The Balaban J connectivity index is 2.49. The summed E-state index contributed by atoms with van der Waals surface area (Å²) in [6, 6.07) is 8.32. The molecule has 0 aliphatic rings. The van der Waals surface area contributed by atoms with Crippen molar-refractivity contribution in [1.82, 2.24) is 14.5 Å². The Labute approximate surface area is 130 Å². The van der Waals surface area contributed by atoms with Crippen molar-refractivity contribution < 1.29 is 0 Å². The summed E-state index contributed by atoms with van der Waals surface area (Å²) in [6.45, 7) is 3.21. The Hall–Kier alpha value is -1.57. The highest BCUT2D eigenvalue weighted by molar-refractivity contribution is 6.17. The molecule has 21 heavy (non-hydrogen) atoms. The molecule has 0 saturated heterocycles. The van der Waals surface area contributed by atoms with E-state index in [2.05, 4.69) is 41.5 Å². The van der Waals surface area contributed by atoms with Crippen LogP contribution in [0.25, 0.3) is 11.0 Å². The van der Waals surface area contributed by atoms with Crippen LogP contribution >= 0.6 is 11.6 Å². The molecule has 0 bridgehead atoms. The first-order valence-corrected chi connectivity index (χ1v) is 7.72. The predicted molar refractivity (Wildman–Crippen MR) is 86.8 cm³/mol. The highest BCUT2D eigenvalue weighted by Crippen LogP contribution is 2.26. The first-order valence-electron chi connectivity index (χ1n) is 7.19. The van der Waals surface area contributed by atoms with Crippen molar-refractivity contribution in [2.75, 3.05) is 26.5 Å². The molecule has 2 aromatic rings. The van der Waals surface area contributed by atoms with E-state index in [9.17, 15) is 5.26 Å². The van der Waals surface area contributed by atoms with Crippen LogP contribution in [0.3, 0.4) is 0 Å². The van der Waals surface area contributed by atoms with Gasteiger partial charge in [0.05, 0.1) is 11.1 Å². The summed E-state index contributed by atoms with van der Waals surface area (Å²) in [5.74, 6) is 1.50. The molecule has 112 valence electrons. The lowest BCUT2D eigenvalue weighted by atomic mass is 10.1. The molecular weight excluding hydrogens is 284 g/mol. The smallest absolute Gasteiger partial charge is 0.111 e. The molecule has 0 spiro atoms. The van der Waals surface area contributed by atoms with Gasteiger partial charge in [-0.1, -0.05) is 6.07 Å². The van der Waals surface area contributed by atoms with Gasteiger partial charge in [-0.3, -0.25) is 0 Å². The third-order valence-electron chi connectivity index (χ3n) is 3.67. The topological polar surface area (TPSA) is 44.9 Å². The summed E-state index contributed by atoms with van der Waals surface area (Å²) in [4.78, 5) is 6.84. The number of aryl methyl sites for hydroxylation is 1. The van der Waals surface area contributed by atoms with E-state index in [0.717, 1.165) is 29.8 Å². The third kappa shape index (κ3) is 3.37. The lowest BCUT2D eigenvalue weighted by Crippen LogP contribution is -2.18. The SMILES string of the molecule is CC(CCN(C)C)n1c(CCCl)nc2c(C#N)cccc21. The maximum atomic E-state index is 9.25. The Morgan fingerprint density at radius 1 is 1.43 bits per heavy atom. The van der Waals surface area contributed by atoms with Crippen LogP contribution < -0.4 is 0 Å². The van der Waals surface area contributed by atoms with E-state index < -0.39 is 0 Å². The maximum Gasteiger partial charge on any atom is 0.111 e. The van der Waals surface area contributed by atoms with Gasteiger partial charge < -0.3 is 9.47 Å². The minimum Gasteiger partial charge on any atom is -0.325 e. The highest BCUT2D eigenvalue weighted by Gasteiger charge is 2.17. The van der Waals surface area contributed by atoms with Gasteiger partial charge in [-0.25, -0.2) is 4.98 Å². The van der Waals surface area contributed by atoms with E-state index in [1.807, 2.05) is 18.2 Å². The summed E-state index contributed by atoms with van der Waals surface area (Å²) in [5.41, 5.74) is 2.44. The maximum absolute atomic E-state index is 9.25. The number of fused-ring (bicyclic) bond motifs is 1. The van der Waals surface area contributed by atoms with Crippen LogP contribution in [0.4, 0.5) is 0 Å². The summed E-state index contributed by atoms with van der Waals surface area (Å²) >= 11 is 5.91. The van der Waals surface area contributed by atoms with Gasteiger partial charge in [0, 0.05) is 18.3 Å². The number of para-hydroxylation sites is 1. The number of alkyl halides is 1. The molecule has 1 heterocycles. The zero-order valence-corrected chi connectivity index (χ0v) is 13.6. The van der Waals surface area contributed by atoms with Gasteiger partial charge in [-0.15, -0.1) is 11.6 Å². The average Bonchev–Trinajstić information content (AvgIpc) is 2.83. The van der Waals surface area contributed by atoms with Gasteiger partial charge in [0.2, 0.25) is 0 Å². The number of halogens is 1. The van der Waals surface area contributed by atoms with Crippen molar-refractivity contribution in [1.29, 1.82) is 5.26 Å². The minimum absolute atomic E-state index is 0.324. The molecule has 1 aromatic heterocycles. The zero-order chi connectivity index (χ0) is 15.4. The van der Waals surface area contributed by atoms with Gasteiger partial charge >= 0.3 is 0 Å². The van der Waals surface area contributed by atoms with E-state index in [4.69, 9.17) is 11.6 Å². The standard InChI is InChI=1S/C16H21ClN4/c1-12(8-10-20(2)3)21-14-6-4-5-13(11-18)16(14)19-15(21)7-9-17/h4-6,12H,7-10H2,1-3H3. The summed E-state index contributed by atoms with van der Waals surface area (Å²) in [7, 11) is 4.15. The number of hydrogen-bond donors (Lipinski definition) is 0. The lowest BCUT2D eigenvalue weighted by molar-refractivity contribution is 0.357. The van der Waals surface area contributed by atoms with Gasteiger partial charge in [0.15, 0.2) is 0 Å². The molecule has 5 heteroatoms. The van der Waals surface area contributed by atoms with Crippen LogP contribution in [-0.2, 0) is 6.42 Å². The average molecular weight is 305 g/mol. The Morgan fingerprint density at radius 3 is 2.81 bits per heavy atom. The highest BCUT2D eigenvalue weighted by atomic mass is 35.5. The van der Waals surface area contributed by atoms with Crippen molar-refractivity contribution in [2.24, 2.45) is 0 Å². The molecule has 0 N–H and O–H groups in total. The van der Waals surface area contributed by atoms with Gasteiger partial charge in [0.25, 0.3) is 0 Å². The zero-order valence-electron chi connectivity index (χ0n) is 12.8. The predicted octanol–water partition coefficient (Wildman–Crippen LogP) is 3.20. The summed E-state index contributed by atoms with van der Waals surface area (Å²) < 4.78 is 2.24. The molecule has 2 rings (SSSR count). The number of benzene rings is 1. The van der Waals surface area contributed by atoms with Crippen molar-refractivity contribution in [3.8, 4) is 6.07 Å². The lowest BCUT2D eigenvalue weighted by Gasteiger charge is -2.19. The van der Waals surface area contributed by atoms with Crippen LogP contribution in [0, 0.1) is 11.3 Å². The molecule has 1 aromatic carbocycles. The second kappa shape index (κ2) is 6.93. The fraction of sp³-hybridized carbons (Fsp3) is 0.500. The molecule has 4 nitrogen and oxygen atoms in total. The quantitative estimate of drug-likeness (QED) is 0.770. The first kappa shape index (κ1) is 15.8. The van der Waals surface area contributed by atoms with Gasteiger partial charge in [-0.05, 0) is 46.1 Å². The molecule has 1 atom stereocenters. The Bertz CT molecular complexity index is 654. The van der Waals surface area contributed by atoms with Gasteiger partial charge in [-0.2, -0.15) is 5.26 Å². The molecular formula is C16H21ClN4. The van der Waals surface area contributed by atoms with Crippen LogP contribution in [0.2, 0.25) is 0 Å². The molecule has 0 aliphatic heterocycles. The molecule has 0 fully saturated rings. The minimum atomic E-state index is 0.324. The Morgan fingerprint density at radius 2 is 2.19 bits per heavy atom. The van der Waals surface area contributed by atoms with E-state index in [-0.39, 0.29) is 0 Å². The van der Waals surface area contributed by atoms with E-state index in [0.29, 0.717) is 23.9 Å². The molecule has 0 radical (unpaired) electrons.